The van der Waals surface area contributed by atoms with Gasteiger partial charge < -0.3 is 14.4 Å². The number of rotatable bonds is 5. The number of aliphatic hydroxyl groups is 1. The van der Waals surface area contributed by atoms with Crippen LogP contribution in [0.15, 0.2) is 34.9 Å². The Hall–Kier alpha value is -1.81. The average molecular weight is 246 g/mol. The fraction of sp³-hybridized carbons (Fsp3) is 0.357. The SMILES string of the molecule is CCN(Cc1ccco1)c1ccc(CO)c(C)n1. The first-order valence-electron chi connectivity index (χ1n) is 6.09. The smallest absolute Gasteiger partial charge is 0.129 e. The van der Waals surface area contributed by atoms with Crippen molar-refractivity contribution >= 4 is 5.82 Å². The van der Waals surface area contributed by atoms with E-state index < -0.39 is 0 Å². The molecule has 4 nitrogen and oxygen atoms in total. The molecule has 0 saturated heterocycles. The lowest BCUT2D eigenvalue weighted by molar-refractivity contribution is 0.280. The van der Waals surface area contributed by atoms with Gasteiger partial charge in [-0.1, -0.05) is 6.07 Å². The summed E-state index contributed by atoms with van der Waals surface area (Å²) in [5, 5.41) is 9.14. The number of hydrogen-bond acceptors (Lipinski definition) is 4. The third-order valence-electron chi connectivity index (χ3n) is 2.98. The Bertz CT molecular complexity index is 495. The molecule has 0 radical (unpaired) electrons. The highest BCUT2D eigenvalue weighted by atomic mass is 16.3. The molecule has 0 aromatic carbocycles. The van der Waals surface area contributed by atoms with Crippen molar-refractivity contribution in [3.05, 3.63) is 47.5 Å². The predicted octanol–water partition coefficient (Wildman–Crippen LogP) is 2.50. The zero-order valence-corrected chi connectivity index (χ0v) is 10.8. The second kappa shape index (κ2) is 5.69. The Balaban J connectivity index is 2.19. The number of hydrogen-bond donors (Lipinski definition) is 1. The molecule has 2 rings (SSSR count). The van der Waals surface area contributed by atoms with Gasteiger partial charge in [0, 0.05) is 12.2 Å². The third kappa shape index (κ3) is 2.71. The molecule has 4 heteroatoms. The van der Waals surface area contributed by atoms with Gasteiger partial charge in [-0.05, 0) is 37.6 Å². The summed E-state index contributed by atoms with van der Waals surface area (Å²) in [6, 6.07) is 7.70. The highest BCUT2D eigenvalue weighted by molar-refractivity contribution is 5.41. The summed E-state index contributed by atoms with van der Waals surface area (Å²) in [5.41, 5.74) is 1.74. The van der Waals surface area contributed by atoms with Crippen molar-refractivity contribution in [2.24, 2.45) is 0 Å². The quantitative estimate of drug-likeness (QED) is 0.880. The van der Waals surface area contributed by atoms with E-state index in [9.17, 15) is 0 Å². The maximum Gasteiger partial charge on any atom is 0.129 e. The molecule has 0 aliphatic rings. The molecule has 0 amide bonds. The lowest BCUT2D eigenvalue weighted by atomic mass is 10.2. The minimum Gasteiger partial charge on any atom is -0.467 e. The van der Waals surface area contributed by atoms with Crippen molar-refractivity contribution in [1.29, 1.82) is 0 Å². The number of aromatic nitrogens is 1. The van der Waals surface area contributed by atoms with E-state index in [4.69, 9.17) is 9.52 Å². The van der Waals surface area contributed by atoms with Crippen LogP contribution in [0.2, 0.25) is 0 Å². The first kappa shape index (κ1) is 12.6. The summed E-state index contributed by atoms with van der Waals surface area (Å²) in [7, 11) is 0. The van der Waals surface area contributed by atoms with Crippen LogP contribution in [0.5, 0.6) is 0 Å². The van der Waals surface area contributed by atoms with E-state index in [2.05, 4.69) is 16.8 Å². The Morgan fingerprint density at radius 3 is 2.72 bits per heavy atom. The molecule has 96 valence electrons. The summed E-state index contributed by atoms with van der Waals surface area (Å²) in [6.07, 6.45) is 1.68. The third-order valence-corrected chi connectivity index (χ3v) is 2.98. The normalized spacial score (nSPS) is 10.6. The van der Waals surface area contributed by atoms with Gasteiger partial charge in [-0.2, -0.15) is 0 Å². The van der Waals surface area contributed by atoms with Crippen LogP contribution in [0.3, 0.4) is 0 Å². The van der Waals surface area contributed by atoms with Crippen molar-refractivity contribution in [3.8, 4) is 0 Å². The molecule has 0 aliphatic heterocycles. The van der Waals surface area contributed by atoms with Crippen molar-refractivity contribution in [1.82, 2.24) is 4.98 Å². The number of aryl methyl sites for hydroxylation is 1. The van der Waals surface area contributed by atoms with Crippen molar-refractivity contribution < 1.29 is 9.52 Å². The fourth-order valence-electron chi connectivity index (χ4n) is 1.87. The van der Waals surface area contributed by atoms with E-state index in [1.165, 1.54) is 0 Å². The molecular formula is C14H18N2O2. The van der Waals surface area contributed by atoms with E-state index in [0.29, 0.717) is 6.54 Å². The van der Waals surface area contributed by atoms with E-state index >= 15 is 0 Å². The highest BCUT2D eigenvalue weighted by Crippen LogP contribution is 2.17. The van der Waals surface area contributed by atoms with Crippen molar-refractivity contribution in [2.75, 3.05) is 11.4 Å². The van der Waals surface area contributed by atoms with Crippen LogP contribution in [0.25, 0.3) is 0 Å². The van der Waals surface area contributed by atoms with Gasteiger partial charge >= 0.3 is 0 Å². The van der Waals surface area contributed by atoms with E-state index in [0.717, 1.165) is 29.4 Å². The molecule has 0 spiro atoms. The molecule has 0 saturated carbocycles. The summed E-state index contributed by atoms with van der Waals surface area (Å²) < 4.78 is 5.35. The number of pyridine rings is 1. The highest BCUT2D eigenvalue weighted by Gasteiger charge is 2.09. The minimum atomic E-state index is 0.0312. The lowest BCUT2D eigenvalue weighted by Crippen LogP contribution is -2.23. The van der Waals surface area contributed by atoms with Crippen LogP contribution in [-0.2, 0) is 13.2 Å². The fourth-order valence-corrected chi connectivity index (χ4v) is 1.87. The van der Waals surface area contributed by atoms with Crippen LogP contribution in [0, 0.1) is 6.92 Å². The van der Waals surface area contributed by atoms with Crippen molar-refractivity contribution in [2.45, 2.75) is 27.0 Å². The molecular weight excluding hydrogens is 228 g/mol. The molecule has 0 atom stereocenters. The summed E-state index contributed by atoms with van der Waals surface area (Å²) in [4.78, 5) is 6.65. The minimum absolute atomic E-state index is 0.0312. The van der Waals surface area contributed by atoms with Gasteiger partial charge in [-0.25, -0.2) is 4.98 Å². The largest absolute Gasteiger partial charge is 0.467 e. The standard InChI is InChI=1S/C14H18N2O2/c1-3-16(9-13-5-4-8-18-13)14-7-6-12(10-17)11(2)15-14/h4-8,17H,3,9-10H2,1-2H3. The zero-order chi connectivity index (χ0) is 13.0. The predicted molar refractivity (Wildman–Crippen MR) is 70.3 cm³/mol. The van der Waals surface area contributed by atoms with Crippen molar-refractivity contribution in [3.63, 3.8) is 0 Å². The van der Waals surface area contributed by atoms with Gasteiger partial charge in [0.2, 0.25) is 0 Å². The molecule has 18 heavy (non-hydrogen) atoms. The number of aliphatic hydroxyl groups excluding tert-OH is 1. The Labute approximate surface area is 107 Å². The monoisotopic (exact) mass is 246 g/mol. The Morgan fingerprint density at radius 1 is 1.33 bits per heavy atom. The molecule has 2 heterocycles. The van der Waals surface area contributed by atoms with Gasteiger partial charge in [0.1, 0.15) is 11.6 Å². The molecule has 2 aromatic rings. The van der Waals surface area contributed by atoms with E-state index in [-0.39, 0.29) is 6.61 Å². The first-order valence-corrected chi connectivity index (χ1v) is 6.09. The maximum absolute atomic E-state index is 9.14. The Kier molecular flexibility index (Phi) is 3.99. The van der Waals surface area contributed by atoms with Crippen LogP contribution < -0.4 is 4.90 Å². The van der Waals surface area contributed by atoms with Crippen LogP contribution in [0.4, 0.5) is 5.82 Å². The number of furan rings is 1. The summed E-state index contributed by atoms with van der Waals surface area (Å²) in [6.45, 7) is 5.58. The number of nitrogens with zero attached hydrogens (tertiary/aromatic N) is 2. The summed E-state index contributed by atoms with van der Waals surface area (Å²) in [5.74, 6) is 1.83. The molecule has 0 unspecified atom stereocenters. The van der Waals surface area contributed by atoms with Crippen LogP contribution >= 0.6 is 0 Å². The molecule has 1 N–H and O–H groups in total. The van der Waals surface area contributed by atoms with Crippen LogP contribution in [-0.4, -0.2) is 16.6 Å². The van der Waals surface area contributed by atoms with E-state index in [1.54, 1.807) is 6.26 Å². The van der Waals surface area contributed by atoms with Gasteiger partial charge in [0.15, 0.2) is 0 Å². The van der Waals surface area contributed by atoms with Gasteiger partial charge in [0.25, 0.3) is 0 Å². The second-order valence-electron chi connectivity index (χ2n) is 4.17. The van der Waals surface area contributed by atoms with Gasteiger partial charge in [0.05, 0.1) is 19.4 Å². The topological polar surface area (TPSA) is 49.5 Å². The van der Waals surface area contributed by atoms with Gasteiger partial charge in [-0.3, -0.25) is 0 Å². The van der Waals surface area contributed by atoms with Gasteiger partial charge in [-0.15, -0.1) is 0 Å². The molecule has 0 aliphatic carbocycles. The molecule has 0 fully saturated rings. The average Bonchev–Trinajstić information content (AvgIpc) is 2.88. The molecule has 0 bridgehead atoms. The Morgan fingerprint density at radius 2 is 2.17 bits per heavy atom. The van der Waals surface area contributed by atoms with E-state index in [1.807, 2.05) is 31.2 Å². The zero-order valence-electron chi connectivity index (χ0n) is 10.8. The molecule has 2 aromatic heterocycles. The number of anilines is 1. The lowest BCUT2D eigenvalue weighted by Gasteiger charge is -2.21. The second-order valence-corrected chi connectivity index (χ2v) is 4.17. The maximum atomic E-state index is 9.14. The first-order chi connectivity index (χ1) is 8.74. The van der Waals surface area contributed by atoms with Crippen LogP contribution in [0.1, 0.15) is 23.9 Å². The summed E-state index contributed by atoms with van der Waals surface area (Å²) >= 11 is 0.